The number of hydrogen-bond acceptors (Lipinski definition) is 26. The SMILES string of the molecule is CC(C)=CC1C[C@](C)(O)[C@@H]2[C@H]3CC[C@@H]4[C@@]5(C)CCC(O[C@@H]6OCC(O)C(O[C@@H]7OC(COC8OC(CO)C(O)C(O)C8O)C(O)C(O)C7O[C@@H]7OCC(O)C(O)C7O)C6O[C@H]6OC(C)C(O)C(O)C6O)C(C)(C)[C@@H]5CC[C@@]4(C)[C@@]34CO[C@@]2(C4)O1. The molecular weight excluding hydrogens is 1110 g/mol. The molecular formula is C58H94O26. The van der Waals surface area contributed by atoms with Gasteiger partial charge in [-0.2, -0.15) is 0 Å². The molecule has 84 heavy (non-hydrogen) atoms. The smallest absolute Gasteiger partial charge is 0.187 e. The molecule has 7 heterocycles. The Morgan fingerprint density at radius 2 is 1.21 bits per heavy atom. The minimum absolute atomic E-state index is 0.110. The lowest BCUT2D eigenvalue weighted by Gasteiger charge is -2.70. The monoisotopic (exact) mass is 1210 g/mol. The topological polar surface area (TPSA) is 394 Å². The van der Waals surface area contributed by atoms with Gasteiger partial charge in [-0.15, -0.1) is 0 Å². The number of fused-ring (bicyclic) bond motifs is 4. The summed E-state index contributed by atoms with van der Waals surface area (Å²) in [6.07, 6.45) is -31.8. The first-order valence-electron chi connectivity index (χ1n) is 30.3. The zero-order chi connectivity index (χ0) is 60.7. The van der Waals surface area contributed by atoms with E-state index in [1.165, 1.54) is 6.92 Å². The summed E-state index contributed by atoms with van der Waals surface area (Å²) in [5.74, 6) is -0.440. The lowest BCUT2D eigenvalue weighted by atomic mass is 9.35. The van der Waals surface area contributed by atoms with Crippen molar-refractivity contribution < 1.29 is 128 Å². The molecule has 0 aromatic heterocycles. The first-order valence-corrected chi connectivity index (χ1v) is 30.3. The number of allylic oxidation sites excluding steroid dienone is 1. The Labute approximate surface area is 488 Å². The fourth-order valence-electron chi connectivity index (χ4n) is 18.3. The van der Waals surface area contributed by atoms with Gasteiger partial charge >= 0.3 is 0 Å². The Balaban J connectivity index is 0.870. The van der Waals surface area contributed by atoms with Crippen LogP contribution in [0, 0.1) is 45.3 Å². The molecule has 2 spiro atoms. The van der Waals surface area contributed by atoms with Gasteiger partial charge in [-0.25, -0.2) is 0 Å². The van der Waals surface area contributed by atoms with Crippen molar-refractivity contribution in [3.63, 3.8) is 0 Å². The molecule has 26 nitrogen and oxygen atoms in total. The lowest BCUT2D eigenvalue weighted by molar-refractivity contribution is -0.401. The van der Waals surface area contributed by atoms with Crippen LogP contribution in [0.15, 0.2) is 11.6 Å². The normalized spacial score (nSPS) is 57.1. The average Bonchev–Trinajstić information content (AvgIpc) is 1.44. The molecule has 2 bridgehead atoms. The molecule has 0 aromatic carbocycles. The zero-order valence-electron chi connectivity index (χ0n) is 49.2. The van der Waals surface area contributed by atoms with E-state index >= 15 is 0 Å². The number of aliphatic hydroxyl groups is 14. The molecule has 34 atom stereocenters. The van der Waals surface area contributed by atoms with Gasteiger partial charge in [-0.05, 0) is 100 Å². The molecule has 0 aromatic rings. The van der Waals surface area contributed by atoms with Crippen LogP contribution in [0.1, 0.15) is 107 Å². The summed E-state index contributed by atoms with van der Waals surface area (Å²) in [5, 5.41) is 154. The first kappa shape index (κ1) is 64.2. The van der Waals surface area contributed by atoms with Crippen molar-refractivity contribution >= 4 is 0 Å². The van der Waals surface area contributed by atoms with E-state index in [9.17, 15) is 71.5 Å². The zero-order valence-corrected chi connectivity index (χ0v) is 49.2. The molecule has 482 valence electrons. The maximum atomic E-state index is 12.3. The van der Waals surface area contributed by atoms with Gasteiger partial charge in [0, 0.05) is 24.2 Å². The summed E-state index contributed by atoms with van der Waals surface area (Å²) >= 11 is 0. The second kappa shape index (κ2) is 23.4. The largest absolute Gasteiger partial charge is 0.394 e. The maximum Gasteiger partial charge on any atom is 0.187 e. The van der Waals surface area contributed by atoms with Gasteiger partial charge in [0.1, 0.15) is 104 Å². The molecule has 7 aliphatic heterocycles. The van der Waals surface area contributed by atoms with Crippen LogP contribution in [-0.4, -0.2) is 269 Å². The van der Waals surface area contributed by atoms with E-state index in [0.717, 1.165) is 44.1 Å². The van der Waals surface area contributed by atoms with Crippen molar-refractivity contribution in [2.45, 2.75) is 272 Å². The van der Waals surface area contributed by atoms with Gasteiger partial charge in [0.2, 0.25) is 0 Å². The number of ether oxygens (including phenoxy) is 12. The van der Waals surface area contributed by atoms with Crippen molar-refractivity contribution in [1.29, 1.82) is 0 Å². The quantitative estimate of drug-likeness (QED) is 0.0658. The third-order valence-corrected chi connectivity index (χ3v) is 22.5. The molecule has 4 aliphatic carbocycles. The molecule has 11 fully saturated rings. The Morgan fingerprint density at radius 1 is 0.583 bits per heavy atom. The third-order valence-electron chi connectivity index (χ3n) is 22.5. The number of aliphatic hydroxyl groups excluding tert-OH is 13. The van der Waals surface area contributed by atoms with Crippen LogP contribution in [-0.2, 0) is 56.8 Å². The summed E-state index contributed by atoms with van der Waals surface area (Å²) in [6.45, 7) is 14.8. The molecule has 11 rings (SSSR count). The molecule has 0 radical (unpaired) electrons. The summed E-state index contributed by atoms with van der Waals surface area (Å²) in [4.78, 5) is 0. The molecule has 14 N–H and O–H groups in total. The average molecular weight is 1210 g/mol. The van der Waals surface area contributed by atoms with E-state index in [1.54, 1.807) is 0 Å². The minimum Gasteiger partial charge on any atom is -0.394 e. The predicted octanol–water partition coefficient (Wildman–Crippen LogP) is -2.72. The van der Waals surface area contributed by atoms with Gasteiger partial charge in [0.05, 0.1) is 56.9 Å². The summed E-state index contributed by atoms with van der Waals surface area (Å²) in [5.41, 5.74) is -0.980. The van der Waals surface area contributed by atoms with Gasteiger partial charge in [0.15, 0.2) is 37.2 Å². The highest BCUT2D eigenvalue weighted by Gasteiger charge is 2.81. The van der Waals surface area contributed by atoms with Gasteiger partial charge < -0.3 is 128 Å². The third kappa shape index (κ3) is 10.5. The summed E-state index contributed by atoms with van der Waals surface area (Å²) in [7, 11) is 0. The maximum absolute atomic E-state index is 12.3. The van der Waals surface area contributed by atoms with Crippen molar-refractivity contribution in [1.82, 2.24) is 0 Å². The van der Waals surface area contributed by atoms with Crippen molar-refractivity contribution in [3.8, 4) is 0 Å². The van der Waals surface area contributed by atoms with Gasteiger partial charge in [-0.3, -0.25) is 0 Å². The second-order valence-electron chi connectivity index (χ2n) is 28.2. The van der Waals surface area contributed by atoms with Crippen LogP contribution < -0.4 is 0 Å². The second-order valence-corrected chi connectivity index (χ2v) is 28.2. The standard InChI is InChI=1S/C58H94O26/c1-23(2)15-25-16-56(8,72)47-26-9-10-32-54(6)13-12-33(53(4,5)31(54)11-14-55(32,7)57(26)21-58(47,84-25)76-22-57)80-51-46(83-50-43(71)38(66)34(62)24(3)77-50)44(28(61)19-74-51)81-52-45(82-49-41(69)35(63)27(60)18-73-49)40(68)37(65)30(79-52)20-75-48-42(70)39(67)36(64)29(17-59)78-48/h15,24-52,59-72H,9-14,16-22H2,1-8H3/t24?,25?,26-,27?,28?,29?,30?,31+,32-,33?,34?,35?,36?,37?,38?,39?,40?,41?,42?,43?,44?,45?,46?,47+,48?,49+,50-,51+,52+,54+,55-,56+,57+,58+/m1/s1. The van der Waals surface area contributed by atoms with E-state index in [0.29, 0.717) is 19.4 Å². The van der Waals surface area contributed by atoms with E-state index in [4.69, 9.17) is 56.8 Å². The van der Waals surface area contributed by atoms with Crippen molar-refractivity contribution in [2.75, 3.05) is 33.0 Å². The molecule has 7 saturated heterocycles. The van der Waals surface area contributed by atoms with Crippen LogP contribution in [0.25, 0.3) is 0 Å². The summed E-state index contributed by atoms with van der Waals surface area (Å²) < 4.78 is 75.5. The molecule has 0 amide bonds. The predicted molar refractivity (Wildman–Crippen MR) is 283 cm³/mol. The first-order chi connectivity index (χ1) is 39.4. The van der Waals surface area contributed by atoms with Crippen molar-refractivity contribution in [3.05, 3.63) is 11.6 Å². The Morgan fingerprint density at radius 3 is 1.93 bits per heavy atom. The van der Waals surface area contributed by atoms with E-state index in [1.807, 2.05) is 20.8 Å². The van der Waals surface area contributed by atoms with Crippen LogP contribution in [0.5, 0.6) is 0 Å². The number of rotatable bonds is 13. The van der Waals surface area contributed by atoms with Gasteiger partial charge in [-0.1, -0.05) is 39.3 Å². The Bertz CT molecular complexity index is 2330. The van der Waals surface area contributed by atoms with Crippen LogP contribution in [0.3, 0.4) is 0 Å². The lowest BCUT2D eigenvalue weighted by Crippen LogP contribution is -2.68. The molecule has 26 heteroatoms. The van der Waals surface area contributed by atoms with Crippen LogP contribution in [0.4, 0.5) is 0 Å². The Hall–Kier alpha value is -1.30. The Kier molecular flexibility index (Phi) is 17.9. The summed E-state index contributed by atoms with van der Waals surface area (Å²) in [6, 6.07) is 0. The van der Waals surface area contributed by atoms with E-state index < -0.39 is 191 Å². The molecule has 21 unspecified atom stereocenters. The molecule has 4 saturated carbocycles. The fraction of sp³-hybridized carbons (Fsp3) is 0.966. The number of hydrogen-bond donors (Lipinski definition) is 14. The molecule has 11 aliphatic rings. The van der Waals surface area contributed by atoms with Crippen LogP contribution >= 0.6 is 0 Å². The van der Waals surface area contributed by atoms with Crippen LogP contribution in [0.2, 0.25) is 0 Å². The minimum atomic E-state index is -2.04. The van der Waals surface area contributed by atoms with Gasteiger partial charge in [0.25, 0.3) is 0 Å². The fourth-order valence-corrected chi connectivity index (χ4v) is 18.3. The highest BCUT2D eigenvalue weighted by atomic mass is 16.8. The van der Waals surface area contributed by atoms with E-state index in [-0.39, 0.29) is 46.0 Å². The van der Waals surface area contributed by atoms with E-state index in [2.05, 4.69) is 33.8 Å². The van der Waals surface area contributed by atoms with Crippen molar-refractivity contribution in [2.24, 2.45) is 45.3 Å². The highest BCUT2D eigenvalue weighted by molar-refractivity contribution is 5.27. The highest BCUT2D eigenvalue weighted by Crippen LogP contribution is 2.80.